The summed E-state index contributed by atoms with van der Waals surface area (Å²) < 4.78 is 34.9. The minimum atomic E-state index is -4.88. The van der Waals surface area contributed by atoms with Crippen LogP contribution in [0.3, 0.4) is 0 Å². The van der Waals surface area contributed by atoms with E-state index in [9.17, 15) is 29.3 Å². The van der Waals surface area contributed by atoms with Gasteiger partial charge in [-0.05, 0) is 30.7 Å². The van der Waals surface area contributed by atoms with Crippen LogP contribution in [0.2, 0.25) is 5.15 Å². The van der Waals surface area contributed by atoms with E-state index in [-0.39, 0.29) is 10.8 Å². The van der Waals surface area contributed by atoms with Gasteiger partial charge in [-0.15, -0.1) is 0 Å². The summed E-state index contributed by atoms with van der Waals surface area (Å²) in [4.78, 5) is 34.3. The highest BCUT2D eigenvalue weighted by molar-refractivity contribution is 7.70. The van der Waals surface area contributed by atoms with Gasteiger partial charge in [-0.1, -0.05) is 18.0 Å². The number of fused-ring (bicyclic) bond motifs is 2. The van der Waals surface area contributed by atoms with Crippen molar-refractivity contribution in [3.05, 3.63) is 17.4 Å². The quantitative estimate of drug-likeness (QED) is 0.187. The molecule has 1 unspecified atom stereocenters. The van der Waals surface area contributed by atoms with Gasteiger partial charge in [0.1, 0.15) is 23.0 Å². The molecular formula is C20H29ClN4O10P2. The molecule has 3 fully saturated rings. The number of hydrogen-bond acceptors (Lipinski definition) is 10. The Balaban J connectivity index is 1.42. The molecule has 4 heterocycles. The van der Waals surface area contributed by atoms with E-state index in [0.717, 1.165) is 18.8 Å². The molecule has 0 radical (unpaired) electrons. The minimum absolute atomic E-state index is 0.185. The molecule has 0 amide bonds. The van der Waals surface area contributed by atoms with Crippen LogP contribution in [0.1, 0.15) is 25.5 Å². The van der Waals surface area contributed by atoms with Gasteiger partial charge in [-0.2, -0.15) is 5.10 Å². The van der Waals surface area contributed by atoms with Crippen LogP contribution < -0.4 is 4.90 Å². The first kappa shape index (κ1) is 27.4. The smallest absolute Gasteiger partial charge is 0.340 e. The highest BCUT2D eigenvalue weighted by Gasteiger charge is 2.57. The Kier molecular flexibility index (Phi) is 7.26. The van der Waals surface area contributed by atoms with Crippen molar-refractivity contribution < 1.29 is 48.4 Å². The van der Waals surface area contributed by atoms with Crippen molar-refractivity contribution in [2.45, 2.75) is 43.3 Å². The first-order valence-corrected chi connectivity index (χ1v) is 15.7. The Bertz CT molecular complexity index is 1260. The van der Waals surface area contributed by atoms with Gasteiger partial charge < -0.3 is 44.2 Å². The van der Waals surface area contributed by atoms with E-state index in [1.54, 1.807) is 12.3 Å². The van der Waals surface area contributed by atoms with Gasteiger partial charge in [0.2, 0.25) is 0 Å². The third-order valence-corrected chi connectivity index (χ3v) is 11.2. The number of aromatic nitrogens is 3. The lowest BCUT2D eigenvalue weighted by Crippen LogP contribution is -2.52. The van der Waals surface area contributed by atoms with E-state index in [0.29, 0.717) is 17.2 Å². The van der Waals surface area contributed by atoms with Crippen molar-refractivity contribution in [2.24, 2.45) is 11.8 Å². The van der Waals surface area contributed by atoms with Crippen molar-refractivity contribution in [2.75, 3.05) is 37.1 Å². The molecule has 0 bridgehead atoms. The molecule has 1 saturated carbocycles. The number of aliphatic hydroxyl groups excluding tert-OH is 2. The fourth-order valence-corrected chi connectivity index (χ4v) is 8.42. The Labute approximate surface area is 216 Å². The normalized spacial score (nSPS) is 33.8. The molecule has 1 aliphatic carbocycles. The van der Waals surface area contributed by atoms with E-state index in [1.807, 2.05) is 0 Å². The molecule has 37 heavy (non-hydrogen) atoms. The van der Waals surface area contributed by atoms with Crippen LogP contribution in [0.15, 0.2) is 12.3 Å². The fourth-order valence-electron chi connectivity index (χ4n) is 5.68. The molecule has 6 N–H and O–H groups in total. The topological polar surface area (TPSA) is 208 Å². The van der Waals surface area contributed by atoms with Gasteiger partial charge in [-0.3, -0.25) is 9.13 Å². The van der Waals surface area contributed by atoms with Gasteiger partial charge in [0, 0.05) is 13.1 Å². The molecule has 5 rings (SSSR count). The van der Waals surface area contributed by atoms with E-state index in [2.05, 4.69) is 15.0 Å². The molecule has 17 heteroatoms. The number of hydrogen-bond donors (Lipinski definition) is 6. The lowest BCUT2D eigenvalue weighted by molar-refractivity contribution is -0.117. The molecule has 3 aliphatic rings. The number of rotatable bonds is 8. The lowest BCUT2D eigenvalue weighted by Gasteiger charge is -2.28. The minimum Gasteiger partial charge on any atom is -0.393 e. The van der Waals surface area contributed by atoms with Gasteiger partial charge in [0.05, 0.1) is 30.5 Å². The average molecular weight is 583 g/mol. The largest absolute Gasteiger partial charge is 0.393 e. The maximum Gasteiger partial charge on any atom is 0.340 e. The van der Waals surface area contributed by atoms with Crippen LogP contribution in [0.4, 0.5) is 5.69 Å². The number of anilines is 1. The summed E-state index contributed by atoms with van der Waals surface area (Å²) in [5.74, 6) is -0.209. The van der Waals surface area contributed by atoms with Crippen LogP contribution in [-0.2, 0) is 18.4 Å². The number of halogens is 1. The predicted molar refractivity (Wildman–Crippen MR) is 130 cm³/mol. The second-order valence-corrected chi connectivity index (χ2v) is 14.4. The van der Waals surface area contributed by atoms with Crippen molar-refractivity contribution in [1.82, 2.24) is 14.8 Å². The summed E-state index contributed by atoms with van der Waals surface area (Å²) in [5.41, 5.74) is -1.25. The first-order valence-electron chi connectivity index (χ1n) is 11.8. The maximum atomic E-state index is 12.1. The van der Waals surface area contributed by atoms with Gasteiger partial charge in [0.25, 0.3) is 0 Å². The third kappa shape index (κ3) is 5.22. The van der Waals surface area contributed by atoms with Crippen LogP contribution in [0, 0.1) is 11.8 Å². The summed E-state index contributed by atoms with van der Waals surface area (Å²) >= 11 is 6.35. The van der Waals surface area contributed by atoms with Crippen molar-refractivity contribution in [1.29, 1.82) is 0 Å². The van der Waals surface area contributed by atoms with Crippen LogP contribution in [0.5, 0.6) is 0 Å². The highest BCUT2D eigenvalue weighted by Crippen LogP contribution is 2.56. The molecule has 14 nitrogen and oxygen atoms in total. The van der Waals surface area contributed by atoms with Crippen LogP contribution in [0.25, 0.3) is 11.0 Å². The standard InChI is InChI=1S/C20H29ClN4O10P2/c21-16-4-14(24-6-11-2-1-3-12(11)7-24)13-5-22-25(18(13)23-16)19-17(27)20(28,9-26)15(35-19)8-34-37(32,33)10-36(29,30)31/h4-5,11-12,15,17,19,26-28H,1-3,6-10H2,(H,32,33)(H2,29,30,31)/t11-,12+,15-,17+,19-,20-/m1/s1. The Morgan fingerprint density at radius 3 is 2.51 bits per heavy atom. The molecule has 2 aliphatic heterocycles. The monoisotopic (exact) mass is 582 g/mol. The molecular weight excluding hydrogens is 554 g/mol. The lowest BCUT2D eigenvalue weighted by atomic mass is 9.93. The zero-order chi connectivity index (χ0) is 26.8. The average Bonchev–Trinajstić information content (AvgIpc) is 3.54. The van der Waals surface area contributed by atoms with Gasteiger partial charge in [0.15, 0.2) is 17.8 Å². The second-order valence-electron chi connectivity index (χ2n) is 10.00. The number of nitrogens with zero attached hydrogens (tertiary/aromatic N) is 4. The third-order valence-electron chi connectivity index (χ3n) is 7.51. The molecule has 2 aromatic heterocycles. The highest BCUT2D eigenvalue weighted by atomic mass is 35.5. The molecule has 206 valence electrons. The van der Waals surface area contributed by atoms with Crippen molar-refractivity contribution >= 4 is 43.5 Å². The summed E-state index contributed by atoms with van der Waals surface area (Å²) in [6, 6.07) is 1.75. The zero-order valence-corrected chi connectivity index (χ0v) is 22.1. The summed E-state index contributed by atoms with van der Waals surface area (Å²) in [5, 5.41) is 36.8. The Morgan fingerprint density at radius 2 is 1.89 bits per heavy atom. The fraction of sp³-hybridized carbons (Fsp3) is 0.700. The zero-order valence-electron chi connectivity index (χ0n) is 19.6. The van der Waals surface area contributed by atoms with Crippen molar-refractivity contribution in [3.8, 4) is 0 Å². The van der Waals surface area contributed by atoms with Crippen LogP contribution in [-0.4, -0.2) is 94.8 Å². The van der Waals surface area contributed by atoms with Gasteiger partial charge in [-0.25, -0.2) is 9.67 Å². The van der Waals surface area contributed by atoms with E-state index in [4.69, 9.17) is 30.6 Å². The summed E-state index contributed by atoms with van der Waals surface area (Å²) in [6.45, 7) is -0.101. The Morgan fingerprint density at radius 1 is 1.22 bits per heavy atom. The molecule has 0 aromatic carbocycles. The predicted octanol–water partition coefficient (Wildman–Crippen LogP) is 0.640. The number of pyridine rings is 1. The SMILES string of the molecule is O=P(O)(O)CP(=O)(O)OC[C@H]1O[C@@H](n2ncc3c(N4C[C@H]5CCC[C@H]5C4)cc(Cl)nc32)[C@H](O)[C@@]1(O)CO. The number of ether oxygens (including phenoxy) is 1. The molecule has 7 atom stereocenters. The second kappa shape index (κ2) is 9.79. The summed E-state index contributed by atoms with van der Waals surface area (Å²) in [6.07, 6.45) is 0.427. The molecule has 2 saturated heterocycles. The van der Waals surface area contributed by atoms with Crippen LogP contribution >= 0.6 is 26.8 Å². The van der Waals surface area contributed by atoms with Gasteiger partial charge >= 0.3 is 15.2 Å². The van der Waals surface area contributed by atoms with E-state index >= 15 is 0 Å². The van der Waals surface area contributed by atoms with E-state index < -0.39 is 58.3 Å². The molecule has 2 aromatic rings. The number of aliphatic hydroxyl groups is 3. The maximum absolute atomic E-state index is 12.1. The van der Waals surface area contributed by atoms with E-state index in [1.165, 1.54) is 23.9 Å². The molecule has 0 spiro atoms. The summed E-state index contributed by atoms with van der Waals surface area (Å²) in [7, 11) is -9.66. The van der Waals surface area contributed by atoms with Crippen molar-refractivity contribution in [3.63, 3.8) is 0 Å². The Hall–Kier alpha value is -1.15. The first-order chi connectivity index (χ1) is 17.3.